The summed E-state index contributed by atoms with van der Waals surface area (Å²) >= 11 is 0. The topological polar surface area (TPSA) is 81.4 Å². The van der Waals surface area contributed by atoms with Gasteiger partial charge in [-0.25, -0.2) is 9.97 Å². The van der Waals surface area contributed by atoms with Gasteiger partial charge < -0.3 is 5.32 Å². The van der Waals surface area contributed by atoms with Crippen molar-refractivity contribution in [3.8, 4) is 0 Å². The molecule has 0 bridgehead atoms. The van der Waals surface area contributed by atoms with Crippen LogP contribution in [0, 0.1) is 0 Å². The van der Waals surface area contributed by atoms with Gasteiger partial charge in [-0.15, -0.1) is 5.10 Å². The maximum absolute atomic E-state index is 4.36. The highest BCUT2D eigenvalue weighted by Gasteiger charge is 2.23. The SMILES string of the molecule is Cn1nnc2c1CCC(Nc1ncnc3ccncc13)C2. The second kappa shape index (κ2) is 4.76. The Hall–Kier alpha value is -2.57. The molecule has 0 saturated carbocycles. The van der Waals surface area contributed by atoms with Crippen molar-refractivity contribution in [2.75, 3.05) is 5.32 Å². The molecule has 4 rings (SSSR count). The summed E-state index contributed by atoms with van der Waals surface area (Å²) < 4.78 is 1.87. The van der Waals surface area contributed by atoms with E-state index in [1.165, 1.54) is 5.69 Å². The van der Waals surface area contributed by atoms with E-state index in [4.69, 9.17) is 0 Å². The first-order valence-corrected chi connectivity index (χ1v) is 7.00. The van der Waals surface area contributed by atoms with E-state index in [-0.39, 0.29) is 0 Å². The summed E-state index contributed by atoms with van der Waals surface area (Å²) in [6.07, 6.45) is 8.02. The fourth-order valence-electron chi connectivity index (χ4n) is 2.86. The molecule has 3 aromatic heterocycles. The Kier molecular flexibility index (Phi) is 2.77. The Balaban J connectivity index is 1.61. The maximum Gasteiger partial charge on any atom is 0.139 e. The van der Waals surface area contributed by atoms with E-state index >= 15 is 0 Å². The Morgan fingerprint density at radius 1 is 1.33 bits per heavy atom. The van der Waals surface area contributed by atoms with Gasteiger partial charge in [-0.3, -0.25) is 9.67 Å². The van der Waals surface area contributed by atoms with Crippen LogP contribution in [0.2, 0.25) is 0 Å². The van der Waals surface area contributed by atoms with Crippen LogP contribution in [-0.4, -0.2) is 36.0 Å². The molecule has 3 heterocycles. The molecular weight excluding hydrogens is 266 g/mol. The van der Waals surface area contributed by atoms with Crippen molar-refractivity contribution in [1.29, 1.82) is 0 Å². The number of rotatable bonds is 2. The molecule has 1 aliphatic rings. The first-order valence-electron chi connectivity index (χ1n) is 7.00. The van der Waals surface area contributed by atoms with Gasteiger partial charge in [0.1, 0.15) is 12.1 Å². The van der Waals surface area contributed by atoms with Gasteiger partial charge in [0.25, 0.3) is 0 Å². The van der Waals surface area contributed by atoms with Crippen molar-refractivity contribution >= 4 is 16.7 Å². The van der Waals surface area contributed by atoms with E-state index in [2.05, 4.69) is 30.6 Å². The Bertz CT molecular complexity index is 790. The van der Waals surface area contributed by atoms with Gasteiger partial charge in [0.2, 0.25) is 0 Å². The average Bonchev–Trinajstić information content (AvgIpc) is 2.89. The predicted molar refractivity (Wildman–Crippen MR) is 77.8 cm³/mol. The summed E-state index contributed by atoms with van der Waals surface area (Å²) in [7, 11) is 1.95. The second-order valence-electron chi connectivity index (χ2n) is 5.31. The van der Waals surface area contributed by atoms with E-state index in [1.54, 1.807) is 18.7 Å². The highest BCUT2D eigenvalue weighted by atomic mass is 15.4. The van der Waals surface area contributed by atoms with Crippen LogP contribution >= 0.6 is 0 Å². The Morgan fingerprint density at radius 2 is 2.29 bits per heavy atom. The summed E-state index contributed by atoms with van der Waals surface area (Å²) in [6, 6.07) is 2.21. The molecular formula is C14H15N7. The lowest BCUT2D eigenvalue weighted by atomic mass is 9.96. The number of aromatic nitrogens is 6. The molecule has 106 valence electrons. The first kappa shape index (κ1) is 12.2. The minimum atomic E-state index is 0.313. The molecule has 7 heteroatoms. The molecule has 1 aliphatic carbocycles. The zero-order chi connectivity index (χ0) is 14.2. The maximum atomic E-state index is 4.36. The Labute approximate surface area is 121 Å². The van der Waals surface area contributed by atoms with E-state index in [0.29, 0.717) is 6.04 Å². The van der Waals surface area contributed by atoms with Crippen LogP contribution in [0.15, 0.2) is 24.8 Å². The number of hydrogen-bond acceptors (Lipinski definition) is 6. The number of hydrogen-bond donors (Lipinski definition) is 1. The molecule has 1 unspecified atom stereocenters. The minimum absolute atomic E-state index is 0.313. The molecule has 7 nitrogen and oxygen atoms in total. The Morgan fingerprint density at radius 3 is 3.24 bits per heavy atom. The normalized spacial score (nSPS) is 17.7. The van der Waals surface area contributed by atoms with Crippen molar-refractivity contribution in [3.63, 3.8) is 0 Å². The lowest BCUT2D eigenvalue weighted by Gasteiger charge is -2.23. The molecule has 0 aromatic carbocycles. The van der Waals surface area contributed by atoms with Crippen molar-refractivity contribution < 1.29 is 0 Å². The van der Waals surface area contributed by atoms with Crippen molar-refractivity contribution in [2.24, 2.45) is 7.05 Å². The van der Waals surface area contributed by atoms with Gasteiger partial charge >= 0.3 is 0 Å². The highest BCUT2D eigenvalue weighted by molar-refractivity contribution is 5.87. The van der Waals surface area contributed by atoms with E-state index in [1.807, 2.05) is 17.8 Å². The van der Waals surface area contributed by atoms with Crippen LogP contribution in [0.4, 0.5) is 5.82 Å². The number of fused-ring (bicyclic) bond motifs is 2. The average molecular weight is 281 g/mol. The summed E-state index contributed by atoms with van der Waals surface area (Å²) in [6.45, 7) is 0. The zero-order valence-electron chi connectivity index (χ0n) is 11.7. The molecule has 21 heavy (non-hydrogen) atoms. The van der Waals surface area contributed by atoms with Gasteiger partial charge in [-0.1, -0.05) is 5.21 Å². The molecule has 0 saturated heterocycles. The highest BCUT2D eigenvalue weighted by Crippen LogP contribution is 2.24. The van der Waals surface area contributed by atoms with E-state index in [0.717, 1.165) is 41.7 Å². The lowest BCUT2D eigenvalue weighted by molar-refractivity contribution is 0.577. The molecule has 0 radical (unpaired) electrons. The quantitative estimate of drug-likeness (QED) is 0.758. The van der Waals surface area contributed by atoms with E-state index in [9.17, 15) is 0 Å². The van der Waals surface area contributed by atoms with Gasteiger partial charge in [0.05, 0.1) is 22.3 Å². The number of pyridine rings is 1. The van der Waals surface area contributed by atoms with E-state index < -0.39 is 0 Å². The molecule has 0 amide bonds. The minimum Gasteiger partial charge on any atom is -0.366 e. The molecule has 0 fully saturated rings. The zero-order valence-corrected chi connectivity index (χ0v) is 11.7. The van der Waals surface area contributed by atoms with Gasteiger partial charge in [0.15, 0.2) is 0 Å². The predicted octanol–water partition coefficient (Wildman–Crippen LogP) is 1.12. The molecule has 1 N–H and O–H groups in total. The summed E-state index contributed by atoms with van der Waals surface area (Å²) in [5, 5.41) is 12.8. The lowest BCUT2D eigenvalue weighted by Crippen LogP contribution is -2.28. The van der Waals surface area contributed by atoms with Gasteiger partial charge in [0, 0.05) is 31.9 Å². The number of nitrogens with one attached hydrogen (secondary N) is 1. The van der Waals surface area contributed by atoms with Crippen LogP contribution in [0.25, 0.3) is 10.9 Å². The standard InChI is InChI=1S/C14H15N7/c1-21-13-3-2-9(6-12(13)19-20-21)18-14-10-7-15-5-4-11(10)16-8-17-14/h4-5,7-9H,2-3,6H2,1H3,(H,16,17,18). The monoisotopic (exact) mass is 281 g/mol. The van der Waals surface area contributed by atoms with Crippen LogP contribution in [0.1, 0.15) is 17.8 Å². The van der Waals surface area contributed by atoms with Gasteiger partial charge in [-0.05, 0) is 18.9 Å². The third-order valence-electron chi connectivity index (χ3n) is 3.97. The number of aryl methyl sites for hydroxylation is 1. The van der Waals surface area contributed by atoms with Crippen molar-refractivity contribution in [3.05, 3.63) is 36.2 Å². The summed E-state index contributed by atoms with van der Waals surface area (Å²) in [4.78, 5) is 12.8. The second-order valence-corrected chi connectivity index (χ2v) is 5.31. The van der Waals surface area contributed by atoms with Crippen LogP contribution in [0.3, 0.4) is 0 Å². The summed E-state index contributed by atoms with van der Waals surface area (Å²) in [5.74, 6) is 0.838. The van der Waals surface area contributed by atoms with Gasteiger partial charge in [-0.2, -0.15) is 0 Å². The third kappa shape index (κ3) is 2.10. The van der Waals surface area contributed by atoms with Crippen LogP contribution in [0.5, 0.6) is 0 Å². The largest absolute Gasteiger partial charge is 0.366 e. The molecule has 0 spiro atoms. The summed E-state index contributed by atoms with van der Waals surface area (Å²) in [5.41, 5.74) is 3.22. The number of nitrogens with zero attached hydrogens (tertiary/aromatic N) is 6. The van der Waals surface area contributed by atoms with Crippen molar-refractivity contribution in [2.45, 2.75) is 25.3 Å². The van der Waals surface area contributed by atoms with Crippen molar-refractivity contribution in [1.82, 2.24) is 29.9 Å². The molecule has 1 atom stereocenters. The molecule has 3 aromatic rings. The molecule has 0 aliphatic heterocycles. The van der Waals surface area contributed by atoms with Crippen LogP contribution < -0.4 is 5.32 Å². The third-order valence-corrected chi connectivity index (χ3v) is 3.97. The first-order chi connectivity index (χ1) is 10.3. The smallest absolute Gasteiger partial charge is 0.139 e. The fraction of sp³-hybridized carbons (Fsp3) is 0.357. The van der Waals surface area contributed by atoms with Crippen LogP contribution in [-0.2, 0) is 19.9 Å². The fourth-order valence-corrected chi connectivity index (χ4v) is 2.86. The number of anilines is 1.